The molecule has 0 N–H and O–H groups in total. The molecule has 0 spiro atoms. The first kappa shape index (κ1) is 14.1. The molecule has 0 radical (unpaired) electrons. The van der Waals surface area contributed by atoms with Crippen molar-refractivity contribution in [3.8, 4) is 0 Å². The lowest BCUT2D eigenvalue weighted by Crippen LogP contribution is -2.43. The largest absolute Gasteiger partial charge is 0.341 e. The summed E-state index contributed by atoms with van der Waals surface area (Å²) in [6, 6.07) is 8.02. The molecule has 1 aromatic carbocycles. The van der Waals surface area contributed by atoms with Crippen LogP contribution in [-0.2, 0) is 21.1 Å². The van der Waals surface area contributed by atoms with Crippen LogP contribution in [0.1, 0.15) is 17.5 Å². The van der Waals surface area contributed by atoms with Crippen LogP contribution in [0.25, 0.3) is 0 Å². The maximum Gasteiger partial charge on any atom is 0.222 e. The Morgan fingerprint density at radius 3 is 2.47 bits per heavy atom. The van der Waals surface area contributed by atoms with Crippen LogP contribution in [0, 0.1) is 6.92 Å². The highest BCUT2D eigenvalue weighted by molar-refractivity contribution is 7.91. The first-order valence-corrected chi connectivity index (χ1v) is 8.33. The lowest BCUT2D eigenvalue weighted by Gasteiger charge is -2.26. The minimum absolute atomic E-state index is 0.0538. The van der Waals surface area contributed by atoms with Crippen LogP contribution < -0.4 is 0 Å². The van der Waals surface area contributed by atoms with E-state index in [1.165, 1.54) is 11.1 Å². The summed E-state index contributed by atoms with van der Waals surface area (Å²) >= 11 is 0. The van der Waals surface area contributed by atoms with Gasteiger partial charge in [0.2, 0.25) is 5.91 Å². The first-order valence-electron chi connectivity index (χ1n) is 6.51. The lowest BCUT2D eigenvalue weighted by molar-refractivity contribution is -0.130. The number of benzene rings is 1. The van der Waals surface area contributed by atoms with Gasteiger partial charge in [0.25, 0.3) is 0 Å². The third kappa shape index (κ3) is 3.80. The Hall–Kier alpha value is -1.36. The molecule has 5 heteroatoms. The van der Waals surface area contributed by atoms with Gasteiger partial charge in [-0.1, -0.05) is 24.3 Å². The molecule has 104 valence electrons. The molecular formula is C14H19NO3S. The zero-order chi connectivity index (χ0) is 13.9. The van der Waals surface area contributed by atoms with Crippen molar-refractivity contribution in [1.29, 1.82) is 0 Å². The lowest BCUT2D eigenvalue weighted by atomic mass is 10.0. The number of carbonyl (C=O) groups is 1. The fraction of sp³-hybridized carbons (Fsp3) is 0.500. The fourth-order valence-electron chi connectivity index (χ4n) is 2.25. The van der Waals surface area contributed by atoms with E-state index in [4.69, 9.17) is 0 Å². The zero-order valence-electron chi connectivity index (χ0n) is 11.1. The summed E-state index contributed by atoms with van der Waals surface area (Å²) in [4.78, 5) is 13.7. The summed E-state index contributed by atoms with van der Waals surface area (Å²) < 4.78 is 22.6. The summed E-state index contributed by atoms with van der Waals surface area (Å²) in [6.07, 6.45) is 1.17. The molecule has 0 aromatic heterocycles. The van der Waals surface area contributed by atoms with Gasteiger partial charge in [0, 0.05) is 19.5 Å². The molecule has 0 unspecified atom stereocenters. The average molecular weight is 281 g/mol. The number of nitrogens with zero attached hydrogens (tertiary/aromatic N) is 1. The highest BCUT2D eigenvalue weighted by Crippen LogP contribution is 2.12. The predicted octanol–water partition coefficient (Wildman–Crippen LogP) is 1.18. The van der Waals surface area contributed by atoms with Crippen LogP contribution in [0.5, 0.6) is 0 Å². The second-order valence-corrected chi connectivity index (χ2v) is 7.26. The van der Waals surface area contributed by atoms with Gasteiger partial charge in [-0.05, 0) is 24.5 Å². The molecule has 1 heterocycles. The van der Waals surface area contributed by atoms with E-state index in [2.05, 4.69) is 0 Å². The van der Waals surface area contributed by atoms with Crippen molar-refractivity contribution in [1.82, 2.24) is 4.90 Å². The Bertz CT molecular complexity index is 552. The van der Waals surface area contributed by atoms with Gasteiger partial charge in [-0.15, -0.1) is 0 Å². The summed E-state index contributed by atoms with van der Waals surface area (Å²) in [6.45, 7) is 2.72. The molecule has 19 heavy (non-hydrogen) atoms. The van der Waals surface area contributed by atoms with Crippen molar-refractivity contribution in [3.63, 3.8) is 0 Å². The van der Waals surface area contributed by atoms with Crippen LogP contribution in [0.2, 0.25) is 0 Å². The Balaban J connectivity index is 1.87. The van der Waals surface area contributed by atoms with E-state index >= 15 is 0 Å². The van der Waals surface area contributed by atoms with E-state index in [0.717, 1.165) is 6.42 Å². The SMILES string of the molecule is Cc1ccccc1CCC(=O)N1CCS(=O)(=O)CC1. The number of hydrogen-bond donors (Lipinski definition) is 0. The van der Waals surface area contributed by atoms with Gasteiger partial charge in [-0.25, -0.2) is 8.42 Å². The molecular weight excluding hydrogens is 262 g/mol. The Morgan fingerprint density at radius 2 is 1.84 bits per heavy atom. The number of sulfone groups is 1. The van der Waals surface area contributed by atoms with Crippen LogP contribution in [0.3, 0.4) is 0 Å². The van der Waals surface area contributed by atoms with E-state index < -0.39 is 9.84 Å². The third-order valence-electron chi connectivity index (χ3n) is 3.57. The van der Waals surface area contributed by atoms with Crippen molar-refractivity contribution in [3.05, 3.63) is 35.4 Å². The van der Waals surface area contributed by atoms with Gasteiger partial charge in [0.1, 0.15) is 0 Å². The van der Waals surface area contributed by atoms with Gasteiger partial charge in [0.15, 0.2) is 9.84 Å². The number of carbonyl (C=O) groups excluding carboxylic acids is 1. The molecule has 1 aliphatic heterocycles. The van der Waals surface area contributed by atoms with E-state index in [-0.39, 0.29) is 17.4 Å². The molecule has 0 aliphatic carbocycles. The molecule has 0 saturated carbocycles. The zero-order valence-corrected chi connectivity index (χ0v) is 11.9. The van der Waals surface area contributed by atoms with Gasteiger partial charge in [-0.3, -0.25) is 4.79 Å². The number of hydrogen-bond acceptors (Lipinski definition) is 3. The molecule has 1 fully saturated rings. The van der Waals surface area contributed by atoms with E-state index in [1.54, 1.807) is 4.90 Å². The Labute approximate surface area is 114 Å². The van der Waals surface area contributed by atoms with Crippen molar-refractivity contribution in [2.45, 2.75) is 19.8 Å². The summed E-state index contributed by atoms with van der Waals surface area (Å²) in [5, 5.41) is 0. The predicted molar refractivity (Wildman–Crippen MR) is 74.7 cm³/mol. The third-order valence-corrected chi connectivity index (χ3v) is 5.18. The molecule has 1 amide bonds. The van der Waals surface area contributed by atoms with Crippen LogP contribution >= 0.6 is 0 Å². The number of amides is 1. The number of rotatable bonds is 3. The van der Waals surface area contributed by atoms with Crippen LogP contribution in [0.4, 0.5) is 0 Å². The second kappa shape index (κ2) is 5.74. The first-order chi connectivity index (χ1) is 8.98. The Morgan fingerprint density at radius 1 is 1.21 bits per heavy atom. The van der Waals surface area contributed by atoms with Crippen molar-refractivity contribution >= 4 is 15.7 Å². The normalized spacial score (nSPS) is 18.3. The average Bonchev–Trinajstić information content (AvgIpc) is 2.37. The monoisotopic (exact) mass is 281 g/mol. The summed E-state index contributed by atoms with van der Waals surface area (Å²) in [5.74, 6) is 0.254. The molecule has 0 bridgehead atoms. The molecule has 4 nitrogen and oxygen atoms in total. The summed E-state index contributed by atoms with van der Waals surface area (Å²) in [7, 11) is -2.92. The van der Waals surface area contributed by atoms with Crippen LogP contribution in [0.15, 0.2) is 24.3 Å². The van der Waals surface area contributed by atoms with E-state index in [9.17, 15) is 13.2 Å². The quantitative estimate of drug-likeness (QED) is 0.836. The van der Waals surface area contributed by atoms with E-state index in [0.29, 0.717) is 19.5 Å². The summed E-state index contributed by atoms with van der Waals surface area (Å²) in [5.41, 5.74) is 2.37. The molecule has 1 aliphatic rings. The minimum Gasteiger partial charge on any atom is -0.341 e. The maximum atomic E-state index is 12.0. The van der Waals surface area contributed by atoms with Gasteiger partial charge < -0.3 is 4.90 Å². The van der Waals surface area contributed by atoms with Gasteiger partial charge >= 0.3 is 0 Å². The van der Waals surface area contributed by atoms with Crippen LogP contribution in [-0.4, -0.2) is 43.8 Å². The second-order valence-electron chi connectivity index (χ2n) is 4.96. The molecule has 2 rings (SSSR count). The Kier molecular flexibility index (Phi) is 4.24. The van der Waals surface area contributed by atoms with Gasteiger partial charge in [0.05, 0.1) is 11.5 Å². The number of aryl methyl sites for hydroxylation is 2. The minimum atomic E-state index is -2.92. The smallest absolute Gasteiger partial charge is 0.222 e. The molecule has 1 aromatic rings. The standard InChI is InChI=1S/C14H19NO3S/c1-12-4-2-3-5-13(12)6-7-14(16)15-8-10-19(17,18)11-9-15/h2-5H,6-11H2,1H3. The van der Waals surface area contributed by atoms with Crippen molar-refractivity contribution in [2.75, 3.05) is 24.6 Å². The van der Waals surface area contributed by atoms with Gasteiger partial charge in [-0.2, -0.15) is 0 Å². The topological polar surface area (TPSA) is 54.5 Å². The van der Waals surface area contributed by atoms with Crippen molar-refractivity contribution < 1.29 is 13.2 Å². The maximum absolute atomic E-state index is 12.0. The fourth-order valence-corrected chi connectivity index (χ4v) is 3.45. The molecule has 0 atom stereocenters. The molecule has 1 saturated heterocycles. The van der Waals surface area contributed by atoms with Crippen molar-refractivity contribution in [2.24, 2.45) is 0 Å². The highest BCUT2D eigenvalue weighted by atomic mass is 32.2. The van der Waals surface area contributed by atoms with E-state index in [1.807, 2.05) is 31.2 Å². The highest BCUT2D eigenvalue weighted by Gasteiger charge is 2.24.